The maximum Gasteiger partial charge on any atom is 0.118 e. The van der Waals surface area contributed by atoms with E-state index >= 15 is 0 Å². The molecule has 2 atom stereocenters. The SMILES string of the molecule is COc1ccc(CN2CCCN([C@H]3CC[C@H](C)C3)CC2)cc1. The standard InChI is InChI=1S/C19H30N2O/c1-16-4-7-18(14-16)21-11-3-10-20(12-13-21)15-17-5-8-19(22-2)9-6-17/h5-6,8-9,16,18H,3-4,7,10-15H2,1-2H3/t16-,18-/m0/s1. The van der Waals surface area contributed by atoms with Crippen LogP contribution in [0.25, 0.3) is 0 Å². The first-order valence-corrected chi connectivity index (χ1v) is 8.84. The van der Waals surface area contributed by atoms with Gasteiger partial charge in [0.2, 0.25) is 0 Å². The van der Waals surface area contributed by atoms with Gasteiger partial charge < -0.3 is 4.74 Å². The lowest BCUT2D eigenvalue weighted by Crippen LogP contribution is -2.37. The molecule has 0 radical (unpaired) electrons. The van der Waals surface area contributed by atoms with Crippen molar-refractivity contribution in [3.63, 3.8) is 0 Å². The topological polar surface area (TPSA) is 15.7 Å². The Morgan fingerprint density at radius 2 is 1.86 bits per heavy atom. The summed E-state index contributed by atoms with van der Waals surface area (Å²) in [7, 11) is 1.72. The van der Waals surface area contributed by atoms with Gasteiger partial charge >= 0.3 is 0 Å². The van der Waals surface area contributed by atoms with Gasteiger partial charge in [0, 0.05) is 25.7 Å². The molecule has 0 spiro atoms. The van der Waals surface area contributed by atoms with Gasteiger partial charge in [0.15, 0.2) is 0 Å². The van der Waals surface area contributed by atoms with Crippen molar-refractivity contribution >= 4 is 0 Å². The zero-order valence-corrected chi connectivity index (χ0v) is 14.1. The van der Waals surface area contributed by atoms with Crippen LogP contribution in [0.5, 0.6) is 5.75 Å². The van der Waals surface area contributed by atoms with Crippen LogP contribution >= 0.6 is 0 Å². The molecular formula is C19H30N2O. The molecule has 3 nitrogen and oxygen atoms in total. The predicted octanol–water partition coefficient (Wildman–Crippen LogP) is 3.39. The van der Waals surface area contributed by atoms with Crippen LogP contribution in [-0.2, 0) is 6.54 Å². The molecule has 3 rings (SSSR count). The average Bonchev–Trinajstić information content (AvgIpc) is 2.83. The van der Waals surface area contributed by atoms with Gasteiger partial charge in [-0.3, -0.25) is 9.80 Å². The first kappa shape index (κ1) is 15.8. The van der Waals surface area contributed by atoms with Crippen LogP contribution < -0.4 is 4.74 Å². The summed E-state index contributed by atoms with van der Waals surface area (Å²) >= 11 is 0. The summed E-state index contributed by atoms with van der Waals surface area (Å²) in [5.74, 6) is 1.88. The second-order valence-electron chi connectivity index (χ2n) is 7.09. The molecule has 22 heavy (non-hydrogen) atoms. The maximum absolute atomic E-state index is 5.24. The molecule has 1 heterocycles. The molecule has 1 aliphatic heterocycles. The van der Waals surface area contributed by atoms with Crippen LogP contribution in [0.3, 0.4) is 0 Å². The van der Waals surface area contributed by atoms with Crippen molar-refractivity contribution in [3.05, 3.63) is 29.8 Å². The number of rotatable bonds is 4. The molecular weight excluding hydrogens is 272 g/mol. The molecule has 1 aromatic rings. The van der Waals surface area contributed by atoms with Crippen LogP contribution in [0, 0.1) is 5.92 Å². The molecule has 122 valence electrons. The van der Waals surface area contributed by atoms with Gasteiger partial charge in [-0.15, -0.1) is 0 Å². The third-order valence-corrected chi connectivity index (χ3v) is 5.37. The molecule has 1 aromatic carbocycles. The summed E-state index contributed by atoms with van der Waals surface area (Å²) in [6, 6.07) is 9.38. The van der Waals surface area contributed by atoms with Crippen molar-refractivity contribution in [2.45, 2.75) is 45.2 Å². The summed E-state index contributed by atoms with van der Waals surface area (Å²) in [6.07, 6.45) is 5.57. The summed E-state index contributed by atoms with van der Waals surface area (Å²) in [5.41, 5.74) is 1.39. The minimum atomic E-state index is 0.857. The highest BCUT2D eigenvalue weighted by molar-refractivity contribution is 5.27. The second kappa shape index (κ2) is 7.47. The van der Waals surface area contributed by atoms with Crippen molar-refractivity contribution < 1.29 is 4.74 Å². The van der Waals surface area contributed by atoms with Gasteiger partial charge in [-0.05, 0) is 62.4 Å². The average molecular weight is 302 g/mol. The Labute approximate surface area is 135 Å². The molecule has 0 unspecified atom stereocenters. The van der Waals surface area contributed by atoms with Crippen molar-refractivity contribution in [2.75, 3.05) is 33.3 Å². The van der Waals surface area contributed by atoms with Crippen LogP contribution in [0.1, 0.15) is 38.2 Å². The number of benzene rings is 1. The molecule has 2 fully saturated rings. The molecule has 1 aliphatic carbocycles. The van der Waals surface area contributed by atoms with E-state index in [4.69, 9.17) is 4.74 Å². The Morgan fingerprint density at radius 1 is 1.05 bits per heavy atom. The Balaban J connectivity index is 1.51. The van der Waals surface area contributed by atoms with Crippen molar-refractivity contribution in [2.24, 2.45) is 5.92 Å². The van der Waals surface area contributed by atoms with Crippen molar-refractivity contribution in [1.82, 2.24) is 9.80 Å². The zero-order chi connectivity index (χ0) is 15.4. The normalized spacial score (nSPS) is 27.7. The highest BCUT2D eigenvalue weighted by Crippen LogP contribution is 2.29. The molecule has 2 aliphatic rings. The van der Waals surface area contributed by atoms with E-state index in [1.165, 1.54) is 57.4 Å². The molecule has 1 saturated heterocycles. The van der Waals surface area contributed by atoms with Gasteiger partial charge in [-0.2, -0.15) is 0 Å². The van der Waals surface area contributed by atoms with E-state index in [0.29, 0.717) is 0 Å². The van der Waals surface area contributed by atoms with Gasteiger partial charge in [0.05, 0.1) is 7.11 Å². The fourth-order valence-corrected chi connectivity index (χ4v) is 4.01. The summed E-state index contributed by atoms with van der Waals surface area (Å²) in [5, 5.41) is 0. The Hall–Kier alpha value is -1.06. The summed E-state index contributed by atoms with van der Waals surface area (Å²) in [4.78, 5) is 5.37. The van der Waals surface area contributed by atoms with E-state index in [1.54, 1.807) is 7.11 Å². The first-order valence-electron chi connectivity index (χ1n) is 8.84. The monoisotopic (exact) mass is 302 g/mol. The third-order valence-electron chi connectivity index (χ3n) is 5.37. The van der Waals surface area contributed by atoms with Crippen LogP contribution in [0.4, 0.5) is 0 Å². The smallest absolute Gasteiger partial charge is 0.118 e. The van der Waals surface area contributed by atoms with Gasteiger partial charge in [-0.1, -0.05) is 19.1 Å². The second-order valence-corrected chi connectivity index (χ2v) is 7.09. The minimum Gasteiger partial charge on any atom is -0.497 e. The lowest BCUT2D eigenvalue weighted by atomic mass is 10.1. The lowest BCUT2D eigenvalue weighted by Gasteiger charge is -2.27. The van der Waals surface area contributed by atoms with Gasteiger partial charge in [0.1, 0.15) is 5.75 Å². The van der Waals surface area contributed by atoms with E-state index in [1.807, 2.05) is 0 Å². The summed E-state index contributed by atoms with van der Waals surface area (Å²) in [6.45, 7) is 8.44. The van der Waals surface area contributed by atoms with Gasteiger partial charge in [-0.25, -0.2) is 0 Å². The molecule has 3 heteroatoms. The lowest BCUT2D eigenvalue weighted by molar-refractivity contribution is 0.195. The third kappa shape index (κ3) is 4.02. The molecule has 1 saturated carbocycles. The number of ether oxygens (including phenoxy) is 1. The van der Waals surface area contributed by atoms with Gasteiger partial charge in [0.25, 0.3) is 0 Å². The quantitative estimate of drug-likeness (QED) is 0.848. The Kier molecular flexibility index (Phi) is 5.37. The predicted molar refractivity (Wildman–Crippen MR) is 91.3 cm³/mol. The molecule has 0 aromatic heterocycles. The fraction of sp³-hybridized carbons (Fsp3) is 0.684. The number of methoxy groups -OCH3 is 1. The van der Waals surface area contributed by atoms with Crippen LogP contribution in [0.2, 0.25) is 0 Å². The molecule has 0 amide bonds. The van der Waals surface area contributed by atoms with E-state index in [2.05, 4.69) is 41.0 Å². The zero-order valence-electron chi connectivity index (χ0n) is 14.1. The van der Waals surface area contributed by atoms with Crippen LogP contribution in [-0.4, -0.2) is 49.1 Å². The molecule has 0 bridgehead atoms. The van der Waals surface area contributed by atoms with E-state index in [-0.39, 0.29) is 0 Å². The minimum absolute atomic E-state index is 0.857. The Bertz CT molecular complexity index is 459. The van der Waals surface area contributed by atoms with E-state index in [9.17, 15) is 0 Å². The number of nitrogens with zero attached hydrogens (tertiary/aromatic N) is 2. The largest absolute Gasteiger partial charge is 0.497 e. The summed E-state index contributed by atoms with van der Waals surface area (Å²) < 4.78 is 5.24. The highest BCUT2D eigenvalue weighted by atomic mass is 16.5. The number of hydrogen-bond donors (Lipinski definition) is 0. The number of hydrogen-bond acceptors (Lipinski definition) is 3. The Morgan fingerprint density at radius 3 is 2.55 bits per heavy atom. The molecule has 0 N–H and O–H groups in total. The van der Waals surface area contributed by atoms with Crippen molar-refractivity contribution in [3.8, 4) is 5.75 Å². The van der Waals surface area contributed by atoms with Crippen LogP contribution in [0.15, 0.2) is 24.3 Å². The first-order chi connectivity index (χ1) is 10.7. The fourth-order valence-electron chi connectivity index (χ4n) is 4.01. The maximum atomic E-state index is 5.24. The van der Waals surface area contributed by atoms with E-state index < -0.39 is 0 Å². The highest BCUT2D eigenvalue weighted by Gasteiger charge is 2.28. The van der Waals surface area contributed by atoms with Crippen molar-refractivity contribution in [1.29, 1.82) is 0 Å². The van der Waals surface area contributed by atoms with E-state index in [0.717, 1.165) is 24.3 Å².